The van der Waals surface area contributed by atoms with Crippen LogP contribution >= 0.6 is 0 Å². The molecule has 0 amide bonds. The van der Waals surface area contributed by atoms with Crippen LogP contribution in [-0.2, 0) is 0 Å². The van der Waals surface area contributed by atoms with E-state index in [9.17, 15) is 13.9 Å². The Morgan fingerprint density at radius 1 is 1.12 bits per heavy atom. The van der Waals surface area contributed by atoms with Gasteiger partial charge in [-0.2, -0.15) is 0 Å². The second-order valence-corrected chi connectivity index (χ2v) is 6.49. The summed E-state index contributed by atoms with van der Waals surface area (Å²) in [4.78, 5) is 8.78. The summed E-state index contributed by atoms with van der Waals surface area (Å²) >= 11 is 0. The molecule has 0 aliphatic rings. The van der Waals surface area contributed by atoms with Gasteiger partial charge < -0.3 is 16.2 Å². The minimum absolute atomic E-state index is 0.0193. The Morgan fingerprint density at radius 2 is 1.81 bits per heavy atom. The van der Waals surface area contributed by atoms with Crippen molar-refractivity contribution in [2.75, 3.05) is 11.9 Å². The molecule has 0 unspecified atom stereocenters. The lowest BCUT2D eigenvalue weighted by molar-refractivity contribution is 0.456. The van der Waals surface area contributed by atoms with Crippen LogP contribution in [-0.4, -0.2) is 27.7 Å². The number of aromatic nitrogens is 2. The molecule has 4 N–H and O–H groups in total. The number of fused-ring (bicyclic) bond motifs is 1. The quantitative estimate of drug-likeness (QED) is 0.648. The zero-order valence-corrected chi connectivity index (χ0v) is 14.5. The lowest BCUT2D eigenvalue weighted by Gasteiger charge is -2.18. The van der Waals surface area contributed by atoms with Gasteiger partial charge in [0.15, 0.2) is 17.5 Å². The number of anilines is 1. The Kier molecular flexibility index (Phi) is 4.99. The van der Waals surface area contributed by atoms with Crippen LogP contribution in [0.3, 0.4) is 0 Å². The molecule has 0 radical (unpaired) electrons. The number of halogens is 2. The molecule has 136 valence electrons. The van der Waals surface area contributed by atoms with Gasteiger partial charge in [0.25, 0.3) is 0 Å². The highest BCUT2D eigenvalue weighted by molar-refractivity contribution is 5.90. The summed E-state index contributed by atoms with van der Waals surface area (Å²) in [6, 6.07) is 8.83. The maximum Gasteiger partial charge on any atom is 0.165 e. The number of phenolic OH excluding ortho intramolecular Hbond substituents is 1. The average Bonchev–Trinajstić information content (AvgIpc) is 2.62. The number of hydrogen-bond acceptors (Lipinski definition) is 5. The van der Waals surface area contributed by atoms with Crippen molar-refractivity contribution in [2.45, 2.75) is 19.9 Å². The molecular formula is C19H20F2N4O. The number of phenols is 1. The van der Waals surface area contributed by atoms with E-state index in [1.54, 1.807) is 6.07 Å². The van der Waals surface area contributed by atoms with Gasteiger partial charge in [0.05, 0.1) is 11.1 Å². The third-order valence-electron chi connectivity index (χ3n) is 4.24. The molecule has 2 aromatic carbocycles. The fourth-order valence-electron chi connectivity index (χ4n) is 2.50. The summed E-state index contributed by atoms with van der Waals surface area (Å²) in [5.41, 5.74) is 6.71. The highest BCUT2D eigenvalue weighted by Gasteiger charge is 2.16. The topological polar surface area (TPSA) is 84.1 Å². The third-order valence-corrected chi connectivity index (χ3v) is 4.24. The van der Waals surface area contributed by atoms with E-state index in [0.29, 0.717) is 23.9 Å². The Hall–Kier alpha value is -2.80. The molecule has 3 rings (SSSR count). The van der Waals surface area contributed by atoms with Gasteiger partial charge in [-0.05, 0) is 24.1 Å². The zero-order valence-electron chi connectivity index (χ0n) is 14.5. The second-order valence-electron chi connectivity index (χ2n) is 6.49. The van der Waals surface area contributed by atoms with Crippen LogP contribution in [0.15, 0.2) is 36.4 Å². The van der Waals surface area contributed by atoms with E-state index >= 15 is 0 Å². The normalized spacial score (nSPS) is 12.5. The first kappa shape index (κ1) is 18.0. The van der Waals surface area contributed by atoms with Crippen molar-refractivity contribution in [3.63, 3.8) is 0 Å². The number of aromatic hydroxyl groups is 1. The fraction of sp³-hybridized carbons (Fsp3) is 0.263. The van der Waals surface area contributed by atoms with E-state index < -0.39 is 17.4 Å². The first-order chi connectivity index (χ1) is 12.4. The van der Waals surface area contributed by atoms with E-state index in [1.165, 1.54) is 0 Å². The highest BCUT2D eigenvalue weighted by Crippen LogP contribution is 2.31. The number of para-hydroxylation sites is 1. The van der Waals surface area contributed by atoms with Crippen LogP contribution in [0, 0.1) is 17.6 Å². The van der Waals surface area contributed by atoms with Gasteiger partial charge in [0.1, 0.15) is 11.6 Å². The summed E-state index contributed by atoms with van der Waals surface area (Å²) < 4.78 is 26.9. The van der Waals surface area contributed by atoms with Crippen molar-refractivity contribution in [3.8, 4) is 17.1 Å². The molecule has 0 aliphatic heterocycles. The zero-order chi connectivity index (χ0) is 18.8. The second kappa shape index (κ2) is 7.21. The largest absolute Gasteiger partial charge is 0.507 e. The number of benzene rings is 2. The minimum atomic E-state index is -1.13. The van der Waals surface area contributed by atoms with E-state index in [2.05, 4.69) is 15.3 Å². The Bertz CT molecular complexity index is 946. The molecule has 1 aromatic heterocycles. The summed E-state index contributed by atoms with van der Waals surface area (Å²) in [7, 11) is 0. The fourth-order valence-corrected chi connectivity index (χ4v) is 2.50. The standard InChI is InChI=1S/C19H20F2N4O/c1-10(2)15(22)9-23-18-11-5-3-4-6-16(11)24-19(25-18)12-7-13(20)14(21)8-17(12)26/h3-8,10,15,26H,9,22H2,1-2H3,(H,23,24,25)/t15-/m0/s1. The first-order valence-corrected chi connectivity index (χ1v) is 8.31. The van der Waals surface area contributed by atoms with Crippen molar-refractivity contribution >= 4 is 16.7 Å². The number of nitrogens with one attached hydrogen (secondary N) is 1. The molecule has 3 aromatic rings. The van der Waals surface area contributed by atoms with Crippen LogP contribution in [0.2, 0.25) is 0 Å². The predicted molar refractivity (Wildman–Crippen MR) is 97.9 cm³/mol. The monoisotopic (exact) mass is 358 g/mol. The van der Waals surface area contributed by atoms with Crippen molar-refractivity contribution in [3.05, 3.63) is 48.0 Å². The van der Waals surface area contributed by atoms with Gasteiger partial charge in [0, 0.05) is 24.0 Å². The van der Waals surface area contributed by atoms with Crippen molar-refractivity contribution < 1.29 is 13.9 Å². The molecule has 0 bridgehead atoms. The maximum atomic E-state index is 13.6. The summed E-state index contributed by atoms with van der Waals surface area (Å²) in [5.74, 6) is -1.74. The van der Waals surface area contributed by atoms with Gasteiger partial charge in [-0.15, -0.1) is 0 Å². The van der Waals surface area contributed by atoms with Gasteiger partial charge in [0.2, 0.25) is 0 Å². The summed E-state index contributed by atoms with van der Waals surface area (Å²) in [6.45, 7) is 4.53. The molecule has 7 heteroatoms. The molecule has 0 fully saturated rings. The van der Waals surface area contributed by atoms with Gasteiger partial charge >= 0.3 is 0 Å². The van der Waals surface area contributed by atoms with Gasteiger partial charge in [-0.3, -0.25) is 0 Å². The Morgan fingerprint density at radius 3 is 2.54 bits per heavy atom. The van der Waals surface area contributed by atoms with E-state index in [-0.39, 0.29) is 23.3 Å². The number of rotatable bonds is 5. The van der Waals surface area contributed by atoms with Crippen molar-refractivity contribution in [1.82, 2.24) is 9.97 Å². The number of nitrogens with two attached hydrogens (primary N) is 1. The molecule has 0 saturated heterocycles. The van der Waals surface area contributed by atoms with Crippen LogP contribution in [0.25, 0.3) is 22.3 Å². The number of nitrogens with zero attached hydrogens (tertiary/aromatic N) is 2. The molecule has 5 nitrogen and oxygen atoms in total. The third kappa shape index (κ3) is 3.57. The average molecular weight is 358 g/mol. The first-order valence-electron chi connectivity index (χ1n) is 8.31. The van der Waals surface area contributed by atoms with Crippen LogP contribution in [0.1, 0.15) is 13.8 Å². The van der Waals surface area contributed by atoms with Crippen molar-refractivity contribution in [2.24, 2.45) is 11.7 Å². The SMILES string of the molecule is CC(C)[C@@H](N)CNc1nc(-c2cc(F)c(F)cc2O)nc2ccccc12. The van der Waals surface area contributed by atoms with E-state index in [4.69, 9.17) is 5.73 Å². The smallest absolute Gasteiger partial charge is 0.165 e. The van der Waals surface area contributed by atoms with E-state index in [0.717, 1.165) is 11.5 Å². The lowest BCUT2D eigenvalue weighted by Crippen LogP contribution is -2.34. The lowest BCUT2D eigenvalue weighted by atomic mass is 10.1. The molecule has 0 aliphatic carbocycles. The Labute approximate surface area is 149 Å². The number of hydrogen-bond donors (Lipinski definition) is 3. The molecular weight excluding hydrogens is 338 g/mol. The molecule has 1 heterocycles. The van der Waals surface area contributed by atoms with Gasteiger partial charge in [-0.1, -0.05) is 26.0 Å². The maximum absolute atomic E-state index is 13.6. The summed E-state index contributed by atoms with van der Waals surface area (Å²) in [5, 5.41) is 14.0. The summed E-state index contributed by atoms with van der Waals surface area (Å²) in [6.07, 6.45) is 0. The van der Waals surface area contributed by atoms with E-state index in [1.807, 2.05) is 32.0 Å². The molecule has 0 saturated carbocycles. The van der Waals surface area contributed by atoms with Crippen LogP contribution in [0.5, 0.6) is 5.75 Å². The van der Waals surface area contributed by atoms with Crippen LogP contribution in [0.4, 0.5) is 14.6 Å². The molecule has 1 atom stereocenters. The predicted octanol–water partition coefficient (Wildman–Crippen LogP) is 3.68. The van der Waals surface area contributed by atoms with Crippen molar-refractivity contribution in [1.29, 1.82) is 0 Å². The Balaban J connectivity index is 2.09. The van der Waals surface area contributed by atoms with Crippen LogP contribution < -0.4 is 11.1 Å². The molecule has 0 spiro atoms. The molecule has 26 heavy (non-hydrogen) atoms. The minimum Gasteiger partial charge on any atom is -0.507 e. The highest BCUT2D eigenvalue weighted by atomic mass is 19.2. The van der Waals surface area contributed by atoms with Gasteiger partial charge in [-0.25, -0.2) is 18.7 Å².